The minimum Gasteiger partial charge on any atom is -0.354 e. The molecule has 1 aliphatic heterocycles. The molecule has 8 heteroatoms. The topological polar surface area (TPSA) is 35.5 Å². The Hall–Kier alpha value is -2.19. The van der Waals surface area contributed by atoms with E-state index < -0.39 is 11.7 Å². The van der Waals surface area contributed by atoms with E-state index in [0.29, 0.717) is 5.92 Å². The summed E-state index contributed by atoms with van der Waals surface area (Å²) < 4.78 is 38.8. The molecule has 2 aromatic rings. The predicted molar refractivity (Wildman–Crippen MR) is 111 cm³/mol. The molecule has 2 aliphatic rings. The molecule has 0 radical (unpaired) electrons. The van der Waals surface area contributed by atoms with Crippen LogP contribution < -0.4 is 4.90 Å². The summed E-state index contributed by atoms with van der Waals surface area (Å²) in [5, 5.41) is 0. The average Bonchev–Trinajstić information content (AvgIpc) is 3.57. The van der Waals surface area contributed by atoms with Crippen molar-refractivity contribution in [1.82, 2.24) is 19.8 Å². The molecular formula is C22H28F3N5. The third-order valence-electron chi connectivity index (χ3n) is 5.95. The summed E-state index contributed by atoms with van der Waals surface area (Å²) in [5.74, 6) is 1.64. The third kappa shape index (κ3) is 4.75. The van der Waals surface area contributed by atoms with Crippen LogP contribution in [0.5, 0.6) is 0 Å². The lowest BCUT2D eigenvalue weighted by atomic mass is 10.0. The molecule has 1 unspecified atom stereocenters. The number of likely N-dealkylation sites (N-methyl/N-ethyl adjacent to an activating group) is 1. The van der Waals surface area contributed by atoms with Crippen LogP contribution in [0, 0.1) is 0 Å². The summed E-state index contributed by atoms with van der Waals surface area (Å²) in [6.45, 7) is 4.13. The Bertz CT molecular complexity index is 841. The minimum atomic E-state index is -4.31. The standard InChI is InChI=1S/C22H28F3N5/c1-28(2)14-20(17-5-7-18(8-6-17)22(23,24)25)29-9-11-30(12-10-29)21-19(16-3-4-16)13-26-15-27-21/h5-8,13,15-16,20H,3-4,9-12,14H2,1-2H3. The molecule has 2 fully saturated rings. The molecule has 1 atom stereocenters. The van der Waals surface area contributed by atoms with Crippen molar-refractivity contribution >= 4 is 5.82 Å². The number of anilines is 1. The van der Waals surface area contributed by atoms with Crippen LogP contribution in [0.15, 0.2) is 36.8 Å². The molecule has 1 saturated carbocycles. The maximum Gasteiger partial charge on any atom is 0.416 e. The first-order chi connectivity index (χ1) is 14.3. The number of hydrogen-bond acceptors (Lipinski definition) is 5. The first-order valence-corrected chi connectivity index (χ1v) is 10.4. The number of hydrogen-bond donors (Lipinski definition) is 0. The zero-order chi connectivity index (χ0) is 21.3. The Labute approximate surface area is 175 Å². The van der Waals surface area contributed by atoms with Gasteiger partial charge in [0.2, 0.25) is 0 Å². The van der Waals surface area contributed by atoms with Crippen LogP contribution in [0.1, 0.15) is 41.5 Å². The molecule has 2 heterocycles. The van der Waals surface area contributed by atoms with Gasteiger partial charge in [-0.05, 0) is 50.6 Å². The predicted octanol–water partition coefficient (Wildman–Crippen LogP) is 3.80. The van der Waals surface area contributed by atoms with E-state index in [0.717, 1.165) is 44.1 Å². The number of rotatable bonds is 6. The van der Waals surface area contributed by atoms with Crippen LogP contribution in [0.3, 0.4) is 0 Å². The van der Waals surface area contributed by atoms with Gasteiger partial charge in [-0.3, -0.25) is 4.90 Å². The van der Waals surface area contributed by atoms with Crippen molar-refractivity contribution < 1.29 is 13.2 Å². The van der Waals surface area contributed by atoms with E-state index in [4.69, 9.17) is 0 Å². The lowest BCUT2D eigenvalue weighted by Gasteiger charge is -2.41. The maximum absolute atomic E-state index is 12.9. The Morgan fingerprint density at radius 3 is 2.30 bits per heavy atom. The monoisotopic (exact) mass is 419 g/mol. The quantitative estimate of drug-likeness (QED) is 0.712. The Morgan fingerprint density at radius 2 is 1.73 bits per heavy atom. The third-order valence-corrected chi connectivity index (χ3v) is 5.95. The highest BCUT2D eigenvalue weighted by molar-refractivity contribution is 5.49. The van der Waals surface area contributed by atoms with E-state index in [-0.39, 0.29) is 6.04 Å². The second-order valence-corrected chi connectivity index (χ2v) is 8.50. The van der Waals surface area contributed by atoms with Crippen molar-refractivity contribution in [3.05, 3.63) is 53.5 Å². The Morgan fingerprint density at radius 1 is 1.07 bits per heavy atom. The van der Waals surface area contributed by atoms with Gasteiger partial charge in [0.1, 0.15) is 12.1 Å². The van der Waals surface area contributed by atoms with E-state index in [2.05, 4.69) is 24.7 Å². The zero-order valence-electron chi connectivity index (χ0n) is 17.4. The van der Waals surface area contributed by atoms with Crippen LogP contribution in [-0.4, -0.2) is 66.6 Å². The molecule has 1 aromatic carbocycles. The van der Waals surface area contributed by atoms with Crippen LogP contribution in [0.2, 0.25) is 0 Å². The van der Waals surface area contributed by atoms with Gasteiger partial charge in [0, 0.05) is 50.5 Å². The van der Waals surface area contributed by atoms with Gasteiger partial charge in [-0.15, -0.1) is 0 Å². The lowest BCUT2D eigenvalue weighted by molar-refractivity contribution is -0.137. The summed E-state index contributed by atoms with van der Waals surface area (Å²) in [6.07, 6.45) is 1.67. The molecule has 30 heavy (non-hydrogen) atoms. The lowest BCUT2D eigenvalue weighted by Crippen LogP contribution is -2.49. The van der Waals surface area contributed by atoms with E-state index in [9.17, 15) is 13.2 Å². The summed E-state index contributed by atoms with van der Waals surface area (Å²) in [6, 6.07) is 5.68. The molecule has 0 bridgehead atoms. The number of halogens is 3. The van der Waals surface area contributed by atoms with Crippen molar-refractivity contribution in [2.75, 3.05) is 51.7 Å². The highest BCUT2D eigenvalue weighted by atomic mass is 19.4. The average molecular weight is 419 g/mol. The molecule has 1 aromatic heterocycles. The molecular weight excluding hydrogens is 391 g/mol. The molecule has 0 amide bonds. The van der Waals surface area contributed by atoms with Crippen LogP contribution in [0.25, 0.3) is 0 Å². The number of alkyl halides is 3. The van der Waals surface area contributed by atoms with Gasteiger partial charge in [-0.2, -0.15) is 13.2 Å². The fraction of sp³-hybridized carbons (Fsp3) is 0.545. The second-order valence-electron chi connectivity index (χ2n) is 8.50. The number of aromatic nitrogens is 2. The van der Waals surface area contributed by atoms with Crippen molar-refractivity contribution in [1.29, 1.82) is 0 Å². The van der Waals surface area contributed by atoms with Gasteiger partial charge < -0.3 is 9.80 Å². The van der Waals surface area contributed by atoms with Crippen LogP contribution in [0.4, 0.5) is 19.0 Å². The normalized spacial score (nSPS) is 19.3. The van der Waals surface area contributed by atoms with Gasteiger partial charge >= 0.3 is 6.18 Å². The number of piperazine rings is 1. The summed E-state index contributed by atoms with van der Waals surface area (Å²) >= 11 is 0. The SMILES string of the molecule is CN(C)CC(c1ccc(C(F)(F)F)cc1)N1CCN(c2ncncc2C2CC2)CC1. The van der Waals surface area contributed by atoms with Crippen LogP contribution in [-0.2, 0) is 6.18 Å². The molecule has 5 nitrogen and oxygen atoms in total. The first kappa shape index (κ1) is 21.1. The van der Waals surface area contributed by atoms with Crippen molar-refractivity contribution in [2.45, 2.75) is 31.0 Å². The molecule has 1 aliphatic carbocycles. The smallest absolute Gasteiger partial charge is 0.354 e. The fourth-order valence-electron chi connectivity index (χ4n) is 4.20. The zero-order valence-corrected chi connectivity index (χ0v) is 17.4. The molecule has 0 spiro atoms. The second kappa shape index (κ2) is 8.51. The van der Waals surface area contributed by atoms with Gasteiger partial charge in [-0.25, -0.2) is 9.97 Å². The van der Waals surface area contributed by atoms with Crippen molar-refractivity contribution in [3.63, 3.8) is 0 Å². The maximum atomic E-state index is 12.9. The van der Waals surface area contributed by atoms with Gasteiger partial charge in [0.15, 0.2) is 0 Å². The number of nitrogens with zero attached hydrogens (tertiary/aromatic N) is 5. The van der Waals surface area contributed by atoms with Crippen molar-refractivity contribution in [2.24, 2.45) is 0 Å². The largest absolute Gasteiger partial charge is 0.416 e. The van der Waals surface area contributed by atoms with E-state index in [1.165, 1.54) is 30.5 Å². The van der Waals surface area contributed by atoms with E-state index in [1.54, 1.807) is 18.5 Å². The van der Waals surface area contributed by atoms with E-state index in [1.807, 2.05) is 20.3 Å². The highest BCUT2D eigenvalue weighted by Crippen LogP contribution is 2.43. The molecule has 1 saturated heterocycles. The van der Waals surface area contributed by atoms with Gasteiger partial charge in [0.25, 0.3) is 0 Å². The highest BCUT2D eigenvalue weighted by Gasteiger charge is 2.33. The first-order valence-electron chi connectivity index (χ1n) is 10.4. The van der Waals surface area contributed by atoms with Gasteiger partial charge in [-0.1, -0.05) is 12.1 Å². The summed E-state index contributed by atoms with van der Waals surface area (Å²) in [5.41, 5.74) is 1.57. The van der Waals surface area contributed by atoms with Gasteiger partial charge in [0.05, 0.1) is 5.56 Å². The Balaban J connectivity index is 1.47. The molecule has 0 N–H and O–H groups in total. The van der Waals surface area contributed by atoms with E-state index >= 15 is 0 Å². The molecule has 162 valence electrons. The minimum absolute atomic E-state index is 0.0535. The molecule has 4 rings (SSSR count). The number of benzene rings is 1. The summed E-state index contributed by atoms with van der Waals surface area (Å²) in [7, 11) is 3.99. The fourth-order valence-corrected chi connectivity index (χ4v) is 4.20. The van der Waals surface area contributed by atoms with Crippen molar-refractivity contribution in [3.8, 4) is 0 Å². The summed E-state index contributed by atoms with van der Waals surface area (Å²) in [4.78, 5) is 15.5. The van der Waals surface area contributed by atoms with Crippen LogP contribution >= 0.6 is 0 Å². The Kier molecular flexibility index (Phi) is 5.97.